The summed E-state index contributed by atoms with van der Waals surface area (Å²) in [5.41, 5.74) is 0.572. The third kappa shape index (κ3) is 1.59. The lowest BCUT2D eigenvalue weighted by Crippen LogP contribution is -1.98. The lowest BCUT2D eigenvalue weighted by atomic mass is 10.1. The number of benzene rings is 1. The van der Waals surface area contributed by atoms with E-state index in [2.05, 4.69) is 0 Å². The monoisotopic (exact) mass is 177 g/mol. The number of nitrogens with zero attached hydrogens (tertiary/aromatic N) is 1. The van der Waals surface area contributed by atoms with Crippen LogP contribution >= 0.6 is 0 Å². The largest absolute Gasteiger partial charge is 0.507 e. The molecule has 66 valence electrons. The van der Waals surface area contributed by atoms with Gasteiger partial charge in [0, 0.05) is 0 Å². The van der Waals surface area contributed by atoms with E-state index in [1.807, 2.05) is 6.07 Å². The van der Waals surface area contributed by atoms with Gasteiger partial charge >= 0.3 is 5.97 Å². The van der Waals surface area contributed by atoms with E-state index in [9.17, 15) is 9.90 Å². The standard InChI is InChI=1S/C9H7NO3/c1-5-2-8(11)7(9(12)13)3-6(5)4-10/h2-3,11H,1H3,(H,12,13). The smallest absolute Gasteiger partial charge is 0.339 e. The molecule has 2 N–H and O–H groups in total. The third-order valence-corrected chi connectivity index (χ3v) is 1.69. The van der Waals surface area contributed by atoms with Crippen molar-refractivity contribution in [2.45, 2.75) is 6.92 Å². The number of hydrogen-bond acceptors (Lipinski definition) is 3. The van der Waals surface area contributed by atoms with Crippen molar-refractivity contribution in [2.24, 2.45) is 0 Å². The van der Waals surface area contributed by atoms with Crippen molar-refractivity contribution in [1.29, 1.82) is 5.26 Å². The second-order valence-corrected chi connectivity index (χ2v) is 2.60. The summed E-state index contributed by atoms with van der Waals surface area (Å²) in [6.45, 7) is 1.63. The summed E-state index contributed by atoms with van der Waals surface area (Å²) < 4.78 is 0. The summed E-state index contributed by atoms with van der Waals surface area (Å²) in [4.78, 5) is 10.5. The molecule has 0 saturated carbocycles. The number of phenols is 1. The van der Waals surface area contributed by atoms with Crippen LogP contribution in [0, 0.1) is 18.3 Å². The topological polar surface area (TPSA) is 81.3 Å². The lowest BCUT2D eigenvalue weighted by molar-refractivity contribution is 0.0693. The molecule has 0 spiro atoms. The highest BCUT2D eigenvalue weighted by Crippen LogP contribution is 2.21. The number of rotatable bonds is 1. The molecule has 0 fully saturated rings. The zero-order valence-corrected chi connectivity index (χ0v) is 6.90. The Labute approximate surface area is 74.7 Å². The highest BCUT2D eigenvalue weighted by atomic mass is 16.4. The maximum atomic E-state index is 10.5. The molecule has 1 rings (SSSR count). The Kier molecular flexibility index (Phi) is 2.20. The number of carboxylic acids is 1. The van der Waals surface area contributed by atoms with Gasteiger partial charge in [0.05, 0.1) is 11.6 Å². The van der Waals surface area contributed by atoms with Gasteiger partial charge in [-0.3, -0.25) is 0 Å². The van der Waals surface area contributed by atoms with Crippen molar-refractivity contribution < 1.29 is 15.0 Å². The van der Waals surface area contributed by atoms with Crippen molar-refractivity contribution >= 4 is 5.97 Å². The molecule has 0 unspecified atom stereocenters. The van der Waals surface area contributed by atoms with E-state index < -0.39 is 5.97 Å². The lowest BCUT2D eigenvalue weighted by Gasteiger charge is -2.02. The van der Waals surface area contributed by atoms with Crippen LogP contribution in [-0.2, 0) is 0 Å². The van der Waals surface area contributed by atoms with Gasteiger partial charge in [-0.15, -0.1) is 0 Å². The first kappa shape index (κ1) is 9.07. The summed E-state index contributed by atoms with van der Waals surface area (Å²) in [6.07, 6.45) is 0. The van der Waals surface area contributed by atoms with Crippen LogP contribution in [0.1, 0.15) is 21.5 Å². The zero-order valence-electron chi connectivity index (χ0n) is 6.90. The Hall–Kier alpha value is -2.02. The summed E-state index contributed by atoms with van der Waals surface area (Å²) >= 11 is 0. The summed E-state index contributed by atoms with van der Waals surface area (Å²) in [5, 5.41) is 26.4. The molecule has 0 bridgehead atoms. The number of aryl methyl sites for hydroxylation is 1. The fraction of sp³-hybridized carbons (Fsp3) is 0.111. The van der Waals surface area contributed by atoms with Crippen molar-refractivity contribution in [3.8, 4) is 11.8 Å². The molecule has 0 aliphatic heterocycles. The third-order valence-electron chi connectivity index (χ3n) is 1.69. The minimum Gasteiger partial charge on any atom is -0.507 e. The molecule has 4 heteroatoms. The van der Waals surface area contributed by atoms with Crippen molar-refractivity contribution in [1.82, 2.24) is 0 Å². The predicted octanol–water partition coefficient (Wildman–Crippen LogP) is 1.27. The number of nitriles is 1. The minimum atomic E-state index is -1.24. The molecule has 0 saturated heterocycles. The molecule has 0 heterocycles. The SMILES string of the molecule is Cc1cc(O)c(C(=O)O)cc1C#N. The average molecular weight is 177 g/mol. The first-order chi connectivity index (χ1) is 6.06. The Morgan fingerprint density at radius 1 is 1.54 bits per heavy atom. The van der Waals surface area contributed by atoms with Gasteiger partial charge in [-0.1, -0.05) is 0 Å². The number of aromatic carboxylic acids is 1. The van der Waals surface area contributed by atoms with Crippen molar-refractivity contribution in [3.05, 3.63) is 28.8 Å². The molecule has 4 nitrogen and oxygen atoms in total. The quantitative estimate of drug-likeness (QED) is 0.676. The van der Waals surface area contributed by atoms with Gasteiger partial charge in [0.2, 0.25) is 0 Å². The second kappa shape index (κ2) is 3.15. The first-order valence-electron chi connectivity index (χ1n) is 3.53. The molecular weight excluding hydrogens is 170 g/mol. The Morgan fingerprint density at radius 3 is 2.62 bits per heavy atom. The molecule has 0 radical (unpaired) electrons. The van der Waals surface area contributed by atoms with Crippen LogP contribution < -0.4 is 0 Å². The van der Waals surface area contributed by atoms with E-state index in [0.717, 1.165) is 6.07 Å². The van der Waals surface area contributed by atoms with E-state index in [1.165, 1.54) is 6.07 Å². The average Bonchev–Trinajstić information content (AvgIpc) is 2.03. The number of carbonyl (C=O) groups is 1. The summed E-state index contributed by atoms with van der Waals surface area (Å²) in [5.74, 6) is -1.56. The van der Waals surface area contributed by atoms with Gasteiger partial charge < -0.3 is 10.2 Å². The van der Waals surface area contributed by atoms with Crippen LogP contribution in [0.4, 0.5) is 0 Å². The van der Waals surface area contributed by atoms with Gasteiger partial charge in [-0.2, -0.15) is 5.26 Å². The van der Waals surface area contributed by atoms with Gasteiger partial charge in [-0.05, 0) is 24.6 Å². The van der Waals surface area contributed by atoms with Gasteiger partial charge in [0.25, 0.3) is 0 Å². The van der Waals surface area contributed by atoms with Crippen molar-refractivity contribution in [2.75, 3.05) is 0 Å². The first-order valence-corrected chi connectivity index (χ1v) is 3.53. The molecule has 0 atom stereocenters. The van der Waals surface area contributed by atoms with Gasteiger partial charge in [0.1, 0.15) is 11.3 Å². The predicted molar refractivity (Wildman–Crippen MR) is 44.5 cm³/mol. The normalized spacial score (nSPS) is 9.23. The van der Waals surface area contributed by atoms with E-state index in [4.69, 9.17) is 10.4 Å². The molecule has 0 amide bonds. The number of hydrogen-bond donors (Lipinski definition) is 2. The van der Waals surface area contributed by atoms with E-state index >= 15 is 0 Å². The van der Waals surface area contributed by atoms with E-state index in [0.29, 0.717) is 5.56 Å². The van der Waals surface area contributed by atoms with Crippen LogP contribution in [0.5, 0.6) is 5.75 Å². The van der Waals surface area contributed by atoms with Gasteiger partial charge in [0.15, 0.2) is 0 Å². The van der Waals surface area contributed by atoms with Crippen LogP contribution in [0.2, 0.25) is 0 Å². The van der Waals surface area contributed by atoms with Crippen LogP contribution in [0.3, 0.4) is 0 Å². The molecule has 1 aromatic rings. The fourth-order valence-electron chi connectivity index (χ4n) is 0.984. The fourth-order valence-corrected chi connectivity index (χ4v) is 0.984. The molecule has 0 aliphatic rings. The van der Waals surface area contributed by atoms with Gasteiger partial charge in [-0.25, -0.2) is 4.79 Å². The van der Waals surface area contributed by atoms with Crippen LogP contribution in [-0.4, -0.2) is 16.2 Å². The highest BCUT2D eigenvalue weighted by molar-refractivity contribution is 5.91. The van der Waals surface area contributed by atoms with Crippen molar-refractivity contribution in [3.63, 3.8) is 0 Å². The zero-order chi connectivity index (χ0) is 10.0. The second-order valence-electron chi connectivity index (χ2n) is 2.60. The summed E-state index contributed by atoms with van der Waals surface area (Å²) in [6, 6.07) is 4.27. The highest BCUT2D eigenvalue weighted by Gasteiger charge is 2.11. The Morgan fingerprint density at radius 2 is 2.15 bits per heavy atom. The Balaban J connectivity index is 3.41. The number of carboxylic acid groups (broad SMARTS) is 1. The minimum absolute atomic E-state index is 0.248. The van der Waals surface area contributed by atoms with E-state index in [-0.39, 0.29) is 16.9 Å². The van der Waals surface area contributed by atoms with E-state index in [1.54, 1.807) is 6.92 Å². The molecule has 0 aromatic heterocycles. The molecule has 1 aromatic carbocycles. The van der Waals surface area contributed by atoms with Crippen LogP contribution in [0.15, 0.2) is 12.1 Å². The maximum Gasteiger partial charge on any atom is 0.339 e. The molecule has 0 aliphatic carbocycles. The summed E-state index contributed by atoms with van der Waals surface area (Å²) in [7, 11) is 0. The molecular formula is C9H7NO3. The Bertz CT molecular complexity index is 404. The number of aromatic hydroxyl groups is 1. The van der Waals surface area contributed by atoms with Crippen LogP contribution in [0.25, 0.3) is 0 Å². The molecule has 13 heavy (non-hydrogen) atoms. The maximum absolute atomic E-state index is 10.5.